The summed E-state index contributed by atoms with van der Waals surface area (Å²) in [6.07, 6.45) is 12.1. The molecule has 0 unspecified atom stereocenters. The summed E-state index contributed by atoms with van der Waals surface area (Å²) in [5.41, 5.74) is 9.31. The van der Waals surface area contributed by atoms with Crippen LogP contribution in [-0.4, -0.2) is 17.3 Å². The normalized spacial score (nSPS) is 57.7. The third-order valence-electron chi connectivity index (χ3n) is 8.84. The standard InChI is InChI=1S/C21H35NO/c1-4-13-6-8-17-16-7-5-14-11-15(23)9-10-20(14,2)19(16)18(22)12-21(13,17)3/h4,14-19,23H,5-12,22H2,1-3H3/b13-4-/t14-,15+,16-,17-,18+,19+,20-,21+/m0/s1. The fourth-order valence-corrected chi connectivity index (χ4v) is 7.82. The summed E-state index contributed by atoms with van der Waals surface area (Å²) in [6, 6.07) is 0.345. The molecule has 0 amide bonds. The molecule has 0 aromatic heterocycles. The lowest BCUT2D eigenvalue weighted by molar-refractivity contribution is -0.125. The first-order valence-electron chi connectivity index (χ1n) is 9.99. The maximum Gasteiger partial charge on any atom is 0.0543 e. The second-order valence-corrected chi connectivity index (χ2v) is 9.64. The average Bonchev–Trinajstić information content (AvgIpc) is 2.83. The molecular weight excluding hydrogens is 282 g/mol. The molecule has 0 aromatic carbocycles. The van der Waals surface area contributed by atoms with Gasteiger partial charge in [0.15, 0.2) is 0 Å². The van der Waals surface area contributed by atoms with Crippen molar-refractivity contribution in [3.63, 3.8) is 0 Å². The van der Waals surface area contributed by atoms with Crippen molar-refractivity contribution in [3.05, 3.63) is 11.6 Å². The summed E-state index contributed by atoms with van der Waals surface area (Å²) in [5.74, 6) is 3.05. The molecule has 4 aliphatic rings. The molecule has 23 heavy (non-hydrogen) atoms. The number of nitrogens with two attached hydrogens (primary N) is 1. The van der Waals surface area contributed by atoms with E-state index < -0.39 is 0 Å². The Hall–Kier alpha value is -0.340. The number of aliphatic hydroxyl groups excluding tert-OH is 1. The summed E-state index contributed by atoms with van der Waals surface area (Å²) in [7, 11) is 0. The Morgan fingerprint density at radius 2 is 1.96 bits per heavy atom. The molecular formula is C21H35NO. The van der Waals surface area contributed by atoms with Crippen molar-refractivity contribution in [1.29, 1.82) is 0 Å². The molecule has 0 bridgehead atoms. The van der Waals surface area contributed by atoms with Crippen molar-refractivity contribution in [2.45, 2.75) is 84.3 Å². The molecule has 4 rings (SSSR count). The van der Waals surface area contributed by atoms with Crippen molar-refractivity contribution in [1.82, 2.24) is 0 Å². The highest BCUT2D eigenvalue weighted by atomic mass is 16.3. The predicted octanol–water partition coefficient (Wildman–Crippen LogP) is 4.27. The van der Waals surface area contributed by atoms with E-state index in [-0.39, 0.29) is 6.10 Å². The summed E-state index contributed by atoms with van der Waals surface area (Å²) in [5, 5.41) is 10.1. The maximum atomic E-state index is 10.1. The quantitative estimate of drug-likeness (QED) is 0.655. The average molecular weight is 318 g/mol. The molecule has 0 aromatic rings. The van der Waals surface area contributed by atoms with E-state index in [4.69, 9.17) is 5.73 Å². The molecule has 0 spiro atoms. The zero-order valence-corrected chi connectivity index (χ0v) is 15.2. The zero-order valence-electron chi connectivity index (χ0n) is 15.2. The number of aliphatic hydroxyl groups is 1. The van der Waals surface area contributed by atoms with Gasteiger partial charge >= 0.3 is 0 Å². The van der Waals surface area contributed by atoms with Crippen molar-refractivity contribution >= 4 is 0 Å². The molecule has 4 aliphatic carbocycles. The van der Waals surface area contributed by atoms with Gasteiger partial charge in [0.25, 0.3) is 0 Å². The van der Waals surface area contributed by atoms with Gasteiger partial charge in [-0.15, -0.1) is 0 Å². The first-order chi connectivity index (χ1) is 10.9. The largest absolute Gasteiger partial charge is 0.393 e. The molecule has 8 atom stereocenters. The second kappa shape index (κ2) is 5.33. The van der Waals surface area contributed by atoms with Gasteiger partial charge in [0.05, 0.1) is 6.10 Å². The minimum Gasteiger partial charge on any atom is -0.393 e. The zero-order chi connectivity index (χ0) is 16.4. The van der Waals surface area contributed by atoms with Gasteiger partial charge in [0, 0.05) is 6.04 Å². The Labute approximate surface area is 141 Å². The van der Waals surface area contributed by atoms with Crippen LogP contribution in [0.5, 0.6) is 0 Å². The molecule has 4 saturated carbocycles. The minimum atomic E-state index is -0.0594. The van der Waals surface area contributed by atoms with Crippen LogP contribution >= 0.6 is 0 Å². The van der Waals surface area contributed by atoms with Gasteiger partial charge in [-0.2, -0.15) is 0 Å². The van der Waals surface area contributed by atoms with Crippen LogP contribution < -0.4 is 5.73 Å². The van der Waals surface area contributed by atoms with Gasteiger partial charge in [-0.25, -0.2) is 0 Å². The van der Waals surface area contributed by atoms with Crippen LogP contribution in [0.4, 0.5) is 0 Å². The number of fused-ring (bicyclic) bond motifs is 5. The van der Waals surface area contributed by atoms with Crippen molar-refractivity contribution in [3.8, 4) is 0 Å². The summed E-state index contributed by atoms with van der Waals surface area (Å²) in [6.45, 7) is 7.25. The van der Waals surface area contributed by atoms with Crippen molar-refractivity contribution in [2.24, 2.45) is 40.2 Å². The van der Waals surface area contributed by atoms with Crippen molar-refractivity contribution in [2.75, 3.05) is 0 Å². The fourth-order valence-electron chi connectivity index (χ4n) is 7.82. The van der Waals surface area contributed by atoms with Crippen LogP contribution in [0.15, 0.2) is 11.6 Å². The molecule has 0 saturated heterocycles. The molecule has 2 heteroatoms. The molecule has 130 valence electrons. The lowest BCUT2D eigenvalue weighted by Crippen LogP contribution is -2.60. The molecule has 2 nitrogen and oxygen atoms in total. The van der Waals surface area contributed by atoms with Crippen LogP contribution in [0.2, 0.25) is 0 Å². The Morgan fingerprint density at radius 1 is 1.17 bits per heavy atom. The smallest absolute Gasteiger partial charge is 0.0543 e. The van der Waals surface area contributed by atoms with Gasteiger partial charge in [0.1, 0.15) is 0 Å². The molecule has 3 N–H and O–H groups in total. The van der Waals surface area contributed by atoms with Crippen LogP contribution in [0, 0.1) is 34.5 Å². The molecule has 4 fully saturated rings. The van der Waals surface area contributed by atoms with E-state index in [0.717, 1.165) is 24.7 Å². The third kappa shape index (κ3) is 2.13. The fraction of sp³-hybridized carbons (Fsp3) is 0.905. The number of allylic oxidation sites excluding steroid dienone is 2. The van der Waals surface area contributed by atoms with Gasteiger partial charge in [-0.3, -0.25) is 0 Å². The Balaban J connectivity index is 1.69. The van der Waals surface area contributed by atoms with E-state index in [9.17, 15) is 5.11 Å². The van der Waals surface area contributed by atoms with Crippen LogP contribution in [-0.2, 0) is 0 Å². The molecule has 0 aliphatic heterocycles. The lowest BCUT2D eigenvalue weighted by atomic mass is 9.44. The molecule has 0 heterocycles. The molecule has 0 radical (unpaired) electrons. The third-order valence-corrected chi connectivity index (χ3v) is 8.84. The van der Waals surface area contributed by atoms with Gasteiger partial charge in [-0.05, 0) is 92.8 Å². The summed E-state index contributed by atoms with van der Waals surface area (Å²) >= 11 is 0. The van der Waals surface area contributed by atoms with E-state index >= 15 is 0 Å². The van der Waals surface area contributed by atoms with Gasteiger partial charge < -0.3 is 10.8 Å². The maximum absolute atomic E-state index is 10.1. The lowest BCUT2D eigenvalue weighted by Gasteiger charge is -2.62. The number of hydrogen-bond acceptors (Lipinski definition) is 2. The van der Waals surface area contributed by atoms with Crippen molar-refractivity contribution < 1.29 is 5.11 Å². The van der Waals surface area contributed by atoms with E-state index in [1.807, 2.05) is 0 Å². The highest BCUT2D eigenvalue weighted by Crippen LogP contribution is 2.66. The number of hydrogen-bond donors (Lipinski definition) is 2. The Morgan fingerprint density at radius 3 is 2.70 bits per heavy atom. The first-order valence-corrected chi connectivity index (χ1v) is 9.99. The Bertz CT molecular complexity index is 514. The number of rotatable bonds is 0. The summed E-state index contributed by atoms with van der Waals surface area (Å²) in [4.78, 5) is 0. The Kier molecular flexibility index (Phi) is 3.74. The first kappa shape index (κ1) is 16.1. The minimum absolute atomic E-state index is 0.0594. The monoisotopic (exact) mass is 317 g/mol. The topological polar surface area (TPSA) is 46.2 Å². The van der Waals surface area contributed by atoms with Crippen LogP contribution in [0.3, 0.4) is 0 Å². The van der Waals surface area contributed by atoms with Crippen LogP contribution in [0.25, 0.3) is 0 Å². The second-order valence-electron chi connectivity index (χ2n) is 9.64. The highest BCUT2D eigenvalue weighted by molar-refractivity contribution is 5.25. The summed E-state index contributed by atoms with van der Waals surface area (Å²) < 4.78 is 0. The SMILES string of the molecule is C/C=C1/CC[C@H]2[C@@H]3CC[C@H]4C[C@H](O)CC[C@]4(C)[C@H]3[C@H](N)C[C@]12C. The van der Waals surface area contributed by atoms with E-state index in [1.54, 1.807) is 5.57 Å². The van der Waals surface area contributed by atoms with E-state index in [2.05, 4.69) is 26.8 Å². The van der Waals surface area contributed by atoms with E-state index in [1.165, 1.54) is 38.5 Å². The predicted molar refractivity (Wildman–Crippen MR) is 94.8 cm³/mol. The highest BCUT2D eigenvalue weighted by Gasteiger charge is 2.61. The van der Waals surface area contributed by atoms with Gasteiger partial charge in [0.2, 0.25) is 0 Å². The van der Waals surface area contributed by atoms with E-state index in [0.29, 0.717) is 28.7 Å². The van der Waals surface area contributed by atoms with Gasteiger partial charge in [-0.1, -0.05) is 25.5 Å². The van der Waals surface area contributed by atoms with Crippen LogP contribution in [0.1, 0.15) is 72.1 Å².